The van der Waals surface area contributed by atoms with Crippen molar-refractivity contribution in [2.24, 2.45) is 11.3 Å². The van der Waals surface area contributed by atoms with Gasteiger partial charge in [0.25, 0.3) is 0 Å². The second-order valence-corrected chi connectivity index (χ2v) is 14.9. The number of carbonyl (C=O) groups excluding carboxylic acids is 1. The third-order valence-corrected chi connectivity index (χ3v) is 10.3. The first-order valence-electron chi connectivity index (χ1n) is 14.2. The van der Waals surface area contributed by atoms with Crippen molar-refractivity contribution in [3.8, 4) is 0 Å². The maximum absolute atomic E-state index is 12.8. The number of hydrogen-bond donors (Lipinski definition) is 1. The van der Waals surface area contributed by atoms with E-state index < -0.39 is 11.4 Å². The lowest BCUT2D eigenvalue weighted by molar-refractivity contribution is -0.144. The van der Waals surface area contributed by atoms with Gasteiger partial charge in [0.15, 0.2) is 0 Å². The Morgan fingerprint density at radius 1 is 1.32 bits per heavy atom. The summed E-state index contributed by atoms with van der Waals surface area (Å²) < 4.78 is 27.5. The Morgan fingerprint density at radius 2 is 2.05 bits per heavy atom. The van der Waals surface area contributed by atoms with Crippen LogP contribution in [0.25, 0.3) is 0 Å². The molecule has 0 aromatic carbocycles. The van der Waals surface area contributed by atoms with E-state index in [1.165, 1.54) is 24.6 Å². The number of esters is 1. The highest BCUT2D eigenvalue weighted by Gasteiger charge is 2.52. The molecule has 8 nitrogen and oxygen atoms in total. The molecule has 1 aromatic rings. The number of hydrogen-bond acceptors (Lipinski definition) is 9. The molecule has 0 amide bonds. The number of ether oxygens (including phenoxy) is 2. The van der Waals surface area contributed by atoms with E-state index in [4.69, 9.17) is 9.47 Å². The lowest BCUT2D eigenvalue weighted by Gasteiger charge is -2.43. The highest BCUT2D eigenvalue weighted by molar-refractivity contribution is 7.99. The Hall–Kier alpha value is -1.07. The SMILES string of the molecule is CCCCC(CC)COC(=O)CCSc1cnc(N2CCC3(CC2)CO[C@@H](C)[C@H]3N[S+]([O-])C(C)(C)C)cn1. The molecule has 1 spiro atoms. The van der Waals surface area contributed by atoms with Gasteiger partial charge < -0.3 is 18.9 Å². The van der Waals surface area contributed by atoms with Gasteiger partial charge in [-0.1, -0.05) is 33.1 Å². The van der Waals surface area contributed by atoms with Gasteiger partial charge in [0.1, 0.15) is 15.6 Å². The summed E-state index contributed by atoms with van der Waals surface area (Å²) in [5, 5.41) is 0.816. The van der Waals surface area contributed by atoms with Crippen molar-refractivity contribution in [2.45, 2.75) is 108 Å². The molecule has 0 bridgehead atoms. The van der Waals surface area contributed by atoms with Crippen molar-refractivity contribution in [3.05, 3.63) is 12.4 Å². The number of carbonyl (C=O) groups is 1. The number of aromatic nitrogens is 2. The fraction of sp³-hybridized carbons (Fsp3) is 0.821. The Kier molecular flexibility index (Phi) is 12.0. The lowest BCUT2D eigenvalue weighted by atomic mass is 9.73. The van der Waals surface area contributed by atoms with Crippen LogP contribution >= 0.6 is 11.8 Å². The first kappa shape index (κ1) is 31.5. The molecule has 2 aliphatic rings. The van der Waals surface area contributed by atoms with Crippen LogP contribution in [0.15, 0.2) is 17.4 Å². The van der Waals surface area contributed by atoms with Crippen LogP contribution in [-0.4, -0.2) is 69.4 Å². The number of unbranched alkanes of at least 4 members (excludes halogenated alkanes) is 1. The molecule has 1 N–H and O–H groups in total. The van der Waals surface area contributed by atoms with E-state index in [-0.39, 0.29) is 28.3 Å². The maximum atomic E-state index is 12.8. The number of piperidine rings is 1. The Bertz CT molecular complexity index is 859. The fourth-order valence-corrected chi connectivity index (χ4v) is 6.86. The number of nitrogens with zero attached hydrogens (tertiary/aromatic N) is 3. The van der Waals surface area contributed by atoms with Crippen molar-refractivity contribution in [1.29, 1.82) is 0 Å². The summed E-state index contributed by atoms with van der Waals surface area (Å²) in [5.74, 6) is 1.83. The van der Waals surface area contributed by atoms with Crippen LogP contribution in [0.3, 0.4) is 0 Å². The molecule has 4 atom stereocenters. The van der Waals surface area contributed by atoms with Gasteiger partial charge in [-0.25, -0.2) is 9.97 Å². The summed E-state index contributed by atoms with van der Waals surface area (Å²) >= 11 is 0.403. The maximum Gasteiger partial charge on any atom is 0.306 e. The molecule has 0 aliphatic carbocycles. The first-order chi connectivity index (χ1) is 18.1. The highest BCUT2D eigenvalue weighted by atomic mass is 32.2. The second-order valence-electron chi connectivity index (χ2n) is 11.8. The molecular weight excluding hydrogens is 520 g/mol. The zero-order chi connectivity index (χ0) is 27.8. The van der Waals surface area contributed by atoms with Crippen LogP contribution in [0, 0.1) is 11.3 Å². The summed E-state index contributed by atoms with van der Waals surface area (Å²) in [6, 6.07) is 0.0745. The summed E-state index contributed by atoms with van der Waals surface area (Å²) in [6.07, 6.45) is 10.5. The molecule has 3 heterocycles. The normalized spacial score (nSPS) is 23.0. The van der Waals surface area contributed by atoms with Crippen LogP contribution in [0.4, 0.5) is 5.82 Å². The average molecular weight is 569 g/mol. The quantitative estimate of drug-likeness (QED) is 0.197. The number of anilines is 1. The monoisotopic (exact) mass is 568 g/mol. The van der Waals surface area contributed by atoms with E-state index in [1.54, 1.807) is 6.20 Å². The minimum Gasteiger partial charge on any atom is -0.598 e. The van der Waals surface area contributed by atoms with E-state index in [1.807, 2.05) is 27.0 Å². The fourth-order valence-electron chi connectivity index (χ4n) is 5.10. The lowest BCUT2D eigenvalue weighted by Crippen LogP contribution is -2.56. The highest BCUT2D eigenvalue weighted by Crippen LogP contribution is 2.43. The van der Waals surface area contributed by atoms with Crippen molar-refractivity contribution < 1.29 is 18.8 Å². The standard InChI is InChI=1S/C28H48N4O4S2/c1-7-9-10-22(8-2)19-35-25(33)11-16-37-24-18-29-23(17-30-24)32-14-12-28(13-15-32)20-36-21(3)26(28)31-38(34)27(4,5)6/h17-18,21-22,26,31H,7-16,19-20H2,1-6H3/t21-,22?,26+,38?/m0/s1. The number of thioether (sulfide) groups is 1. The Morgan fingerprint density at radius 3 is 2.66 bits per heavy atom. The van der Waals surface area contributed by atoms with Crippen molar-refractivity contribution in [2.75, 3.05) is 37.0 Å². The Balaban J connectivity index is 1.43. The third-order valence-electron chi connectivity index (χ3n) is 7.83. The van der Waals surface area contributed by atoms with Gasteiger partial charge in [-0.15, -0.1) is 16.5 Å². The van der Waals surface area contributed by atoms with Crippen LogP contribution < -0.4 is 9.62 Å². The van der Waals surface area contributed by atoms with Crippen LogP contribution in [-0.2, 0) is 25.6 Å². The number of rotatable bonds is 13. The molecule has 2 aliphatic heterocycles. The molecule has 2 unspecified atom stereocenters. The molecule has 0 radical (unpaired) electrons. The van der Waals surface area contributed by atoms with Crippen LogP contribution in [0.5, 0.6) is 0 Å². The van der Waals surface area contributed by atoms with E-state index in [0.29, 0.717) is 31.3 Å². The summed E-state index contributed by atoms with van der Waals surface area (Å²) in [5.41, 5.74) is -0.0121. The van der Waals surface area contributed by atoms with Crippen molar-refractivity contribution in [3.63, 3.8) is 0 Å². The zero-order valence-electron chi connectivity index (χ0n) is 24.2. The van der Waals surface area contributed by atoms with Gasteiger partial charge in [0.05, 0.1) is 44.2 Å². The van der Waals surface area contributed by atoms with Crippen molar-refractivity contribution >= 4 is 34.9 Å². The van der Waals surface area contributed by atoms with Crippen molar-refractivity contribution in [1.82, 2.24) is 14.7 Å². The Labute approximate surface area is 237 Å². The third kappa shape index (κ3) is 8.71. The smallest absolute Gasteiger partial charge is 0.306 e. The predicted molar refractivity (Wildman–Crippen MR) is 156 cm³/mol. The van der Waals surface area contributed by atoms with Gasteiger partial charge in [0, 0.05) is 35.6 Å². The molecule has 10 heteroatoms. The van der Waals surface area contributed by atoms with E-state index in [0.717, 1.165) is 49.6 Å². The molecule has 2 saturated heterocycles. The molecule has 3 rings (SSSR count). The zero-order valence-corrected chi connectivity index (χ0v) is 25.8. The van der Waals surface area contributed by atoms with Gasteiger partial charge in [0.2, 0.25) is 0 Å². The molecule has 1 aromatic heterocycles. The average Bonchev–Trinajstić information content (AvgIpc) is 3.19. The summed E-state index contributed by atoms with van der Waals surface area (Å²) in [7, 11) is 0. The van der Waals surface area contributed by atoms with Gasteiger partial charge in [-0.3, -0.25) is 4.79 Å². The minimum absolute atomic E-state index is 0.0121. The predicted octanol–water partition coefficient (Wildman–Crippen LogP) is 5.14. The van der Waals surface area contributed by atoms with Crippen LogP contribution in [0.2, 0.25) is 0 Å². The van der Waals surface area contributed by atoms with Gasteiger partial charge in [-0.2, -0.15) is 0 Å². The first-order valence-corrected chi connectivity index (χ1v) is 16.4. The molecular formula is C28H48N4O4S2. The topological polar surface area (TPSA) is 99.6 Å². The summed E-state index contributed by atoms with van der Waals surface area (Å²) in [4.78, 5) is 23.7. The molecule has 216 valence electrons. The minimum atomic E-state index is -1.13. The van der Waals surface area contributed by atoms with E-state index in [9.17, 15) is 9.35 Å². The van der Waals surface area contributed by atoms with Gasteiger partial charge in [-0.05, 0) is 52.9 Å². The van der Waals surface area contributed by atoms with E-state index in [2.05, 4.69) is 40.4 Å². The largest absolute Gasteiger partial charge is 0.598 e. The summed E-state index contributed by atoms with van der Waals surface area (Å²) in [6.45, 7) is 15.4. The molecule has 0 saturated carbocycles. The van der Waals surface area contributed by atoms with E-state index >= 15 is 0 Å². The second kappa shape index (κ2) is 14.5. The molecule has 38 heavy (non-hydrogen) atoms. The van der Waals surface area contributed by atoms with Gasteiger partial charge >= 0.3 is 5.97 Å². The van der Waals surface area contributed by atoms with Crippen LogP contribution in [0.1, 0.15) is 86.5 Å². The molecule has 2 fully saturated rings. The number of nitrogens with one attached hydrogen (secondary N) is 1.